The van der Waals surface area contributed by atoms with Crippen molar-refractivity contribution in [2.45, 2.75) is 70.4 Å². The highest BCUT2D eigenvalue weighted by atomic mass is 32.2. The van der Waals surface area contributed by atoms with Crippen LogP contribution in [0.5, 0.6) is 5.75 Å². The molecule has 0 spiro atoms. The summed E-state index contributed by atoms with van der Waals surface area (Å²) >= 11 is 0. The number of benzene rings is 3. The summed E-state index contributed by atoms with van der Waals surface area (Å²) in [5, 5.41) is 4.05. The van der Waals surface area contributed by atoms with E-state index in [4.69, 9.17) is 9.47 Å². The van der Waals surface area contributed by atoms with Crippen molar-refractivity contribution >= 4 is 50.1 Å². The molecular formula is C44H53N5O7S. The van der Waals surface area contributed by atoms with E-state index in [-0.39, 0.29) is 25.0 Å². The molecular weight excluding hydrogens is 743 g/mol. The maximum atomic E-state index is 13.4. The standard InChI is InChI=1S/C44H53N5O7S/c1-4-5-21-45-40(50)29-49-39-28-33(44(52)55-2)15-19-37(39)42(31-10-7-6-8-11-31)43(49)32-13-17-36(18-14-32)56-30-34-27-35(48-22-9-12-41(48)51)16-20-38(34)46-23-25-47(26-24-46)57(3,53)54/h4,13-20,27-28,31H,1,5-12,21-26,29-30H2,2-3H3,(H,45,50). The van der Waals surface area contributed by atoms with Gasteiger partial charge >= 0.3 is 5.97 Å². The zero-order valence-electron chi connectivity index (χ0n) is 33.0. The van der Waals surface area contributed by atoms with Crippen molar-refractivity contribution in [2.75, 3.05) is 62.4 Å². The average Bonchev–Trinajstić information content (AvgIpc) is 3.80. The van der Waals surface area contributed by atoms with Gasteiger partial charge in [0.25, 0.3) is 0 Å². The lowest BCUT2D eigenvalue weighted by Gasteiger charge is -2.36. The molecule has 2 saturated heterocycles. The molecule has 302 valence electrons. The second-order valence-electron chi connectivity index (χ2n) is 15.3. The first-order valence-electron chi connectivity index (χ1n) is 20.0. The topological polar surface area (TPSA) is 130 Å². The Bertz CT molecular complexity index is 2240. The molecule has 2 amide bonds. The highest BCUT2D eigenvalue weighted by molar-refractivity contribution is 7.88. The smallest absolute Gasteiger partial charge is 0.337 e. The number of amides is 2. The van der Waals surface area contributed by atoms with Crippen LogP contribution in [0.3, 0.4) is 0 Å². The van der Waals surface area contributed by atoms with Crippen LogP contribution in [-0.4, -0.2) is 87.7 Å². The lowest BCUT2D eigenvalue weighted by atomic mass is 9.81. The van der Waals surface area contributed by atoms with E-state index >= 15 is 0 Å². The maximum absolute atomic E-state index is 13.4. The summed E-state index contributed by atoms with van der Waals surface area (Å²) in [6, 6.07) is 19.6. The van der Waals surface area contributed by atoms with E-state index in [1.807, 2.05) is 70.1 Å². The second kappa shape index (κ2) is 17.6. The minimum Gasteiger partial charge on any atom is -0.489 e. The Morgan fingerprint density at radius 1 is 0.930 bits per heavy atom. The van der Waals surface area contributed by atoms with Crippen LogP contribution < -0.4 is 19.9 Å². The number of anilines is 2. The predicted molar refractivity (Wildman–Crippen MR) is 223 cm³/mol. The zero-order valence-corrected chi connectivity index (χ0v) is 33.8. The normalized spacial score (nSPS) is 16.9. The Hall–Kier alpha value is -5.14. The number of ether oxygens (including phenoxy) is 2. The van der Waals surface area contributed by atoms with Crippen LogP contribution in [0.4, 0.5) is 11.4 Å². The molecule has 0 atom stereocenters. The quantitative estimate of drug-likeness (QED) is 0.0857. The van der Waals surface area contributed by atoms with E-state index in [9.17, 15) is 22.8 Å². The summed E-state index contributed by atoms with van der Waals surface area (Å²) in [7, 11) is -1.91. The largest absolute Gasteiger partial charge is 0.489 e. The molecule has 2 aliphatic heterocycles. The van der Waals surface area contributed by atoms with Gasteiger partial charge in [-0.05, 0) is 97.3 Å². The fourth-order valence-electron chi connectivity index (χ4n) is 8.63. The van der Waals surface area contributed by atoms with Gasteiger partial charge in [-0.2, -0.15) is 4.31 Å². The third-order valence-corrected chi connectivity index (χ3v) is 12.8. The minimum absolute atomic E-state index is 0.0790. The number of rotatable bonds is 14. The fourth-order valence-corrected chi connectivity index (χ4v) is 9.46. The van der Waals surface area contributed by atoms with E-state index < -0.39 is 16.0 Å². The molecule has 12 nitrogen and oxygen atoms in total. The van der Waals surface area contributed by atoms with Crippen molar-refractivity contribution in [3.05, 3.63) is 90.0 Å². The molecule has 3 heterocycles. The minimum atomic E-state index is -3.28. The molecule has 1 saturated carbocycles. The van der Waals surface area contributed by atoms with Crippen molar-refractivity contribution in [1.82, 2.24) is 14.2 Å². The molecule has 3 fully saturated rings. The monoisotopic (exact) mass is 795 g/mol. The van der Waals surface area contributed by atoms with Gasteiger partial charge < -0.3 is 29.2 Å². The van der Waals surface area contributed by atoms with Crippen LogP contribution in [0, 0.1) is 0 Å². The number of aromatic nitrogens is 1. The molecule has 0 bridgehead atoms. The van der Waals surface area contributed by atoms with E-state index in [2.05, 4.69) is 16.8 Å². The van der Waals surface area contributed by atoms with Crippen molar-refractivity contribution < 1.29 is 32.3 Å². The SMILES string of the molecule is C=CCCNC(=O)Cn1c(-c2ccc(OCc3cc(N4CCCC4=O)ccc3N3CCN(S(C)(=O)=O)CC3)cc2)c(C2CCCCC2)c2ccc(C(=O)OC)cc21. The summed E-state index contributed by atoms with van der Waals surface area (Å²) < 4.78 is 39.5. The first-order chi connectivity index (χ1) is 27.5. The molecule has 1 aliphatic carbocycles. The lowest BCUT2D eigenvalue weighted by Crippen LogP contribution is -2.48. The lowest BCUT2D eigenvalue weighted by molar-refractivity contribution is -0.121. The molecule has 1 N–H and O–H groups in total. The van der Waals surface area contributed by atoms with Gasteiger partial charge in [-0.1, -0.05) is 31.4 Å². The molecule has 0 unspecified atom stereocenters. The number of hydrogen-bond donors (Lipinski definition) is 1. The average molecular weight is 796 g/mol. The van der Waals surface area contributed by atoms with Crippen molar-refractivity contribution in [1.29, 1.82) is 0 Å². The Morgan fingerprint density at radius 2 is 1.68 bits per heavy atom. The van der Waals surface area contributed by atoms with Gasteiger partial charge in [-0.3, -0.25) is 9.59 Å². The number of carbonyl (C=O) groups is 3. The number of methoxy groups -OCH3 is 1. The van der Waals surface area contributed by atoms with E-state index in [0.29, 0.717) is 69.3 Å². The number of piperazine rings is 1. The summed E-state index contributed by atoms with van der Waals surface area (Å²) in [5.74, 6) is 0.506. The first-order valence-corrected chi connectivity index (χ1v) is 21.9. The van der Waals surface area contributed by atoms with E-state index in [0.717, 1.165) is 71.2 Å². The molecule has 3 aliphatic rings. The molecule has 3 aromatic carbocycles. The highest BCUT2D eigenvalue weighted by Gasteiger charge is 2.29. The van der Waals surface area contributed by atoms with Crippen LogP contribution in [0.15, 0.2) is 73.3 Å². The van der Waals surface area contributed by atoms with Crippen molar-refractivity contribution in [3.63, 3.8) is 0 Å². The number of nitrogens with zero attached hydrogens (tertiary/aromatic N) is 4. The summed E-state index contributed by atoms with van der Waals surface area (Å²) in [6.07, 6.45) is 10.6. The van der Waals surface area contributed by atoms with Gasteiger partial charge in [-0.15, -0.1) is 6.58 Å². The molecule has 4 aromatic rings. The van der Waals surface area contributed by atoms with Crippen LogP contribution >= 0.6 is 0 Å². The Morgan fingerprint density at radius 3 is 2.35 bits per heavy atom. The van der Waals surface area contributed by atoms with Crippen LogP contribution in [0.2, 0.25) is 0 Å². The van der Waals surface area contributed by atoms with E-state index in [1.165, 1.54) is 29.7 Å². The Balaban J connectivity index is 1.22. The number of nitrogens with one attached hydrogen (secondary N) is 1. The molecule has 13 heteroatoms. The summed E-state index contributed by atoms with van der Waals surface area (Å²) in [4.78, 5) is 42.9. The Labute approximate surface area is 335 Å². The second-order valence-corrected chi connectivity index (χ2v) is 17.2. The number of carbonyl (C=O) groups excluding carboxylic acids is 3. The van der Waals surface area contributed by atoms with Gasteiger partial charge in [0.15, 0.2) is 0 Å². The van der Waals surface area contributed by atoms with Crippen LogP contribution in [-0.2, 0) is 37.5 Å². The Kier molecular flexibility index (Phi) is 12.3. The fraction of sp³-hybridized carbons (Fsp3) is 0.432. The number of fused-ring (bicyclic) bond motifs is 1. The van der Waals surface area contributed by atoms with Gasteiger partial charge in [0.05, 0.1) is 30.1 Å². The molecule has 57 heavy (non-hydrogen) atoms. The molecule has 0 radical (unpaired) electrons. The first kappa shape index (κ1) is 40.1. The maximum Gasteiger partial charge on any atom is 0.337 e. The number of hydrogen-bond acceptors (Lipinski definition) is 8. The highest BCUT2D eigenvalue weighted by Crippen LogP contribution is 2.45. The molecule has 1 aromatic heterocycles. The number of sulfonamides is 1. The van der Waals surface area contributed by atoms with Gasteiger partial charge in [0.1, 0.15) is 18.9 Å². The summed E-state index contributed by atoms with van der Waals surface area (Å²) in [6.45, 7) is 7.13. The summed E-state index contributed by atoms with van der Waals surface area (Å²) in [5.41, 5.74) is 7.03. The molecule has 7 rings (SSSR count). The third-order valence-electron chi connectivity index (χ3n) is 11.5. The van der Waals surface area contributed by atoms with Gasteiger partial charge in [0.2, 0.25) is 21.8 Å². The zero-order chi connectivity index (χ0) is 40.1. The predicted octanol–water partition coefficient (Wildman–Crippen LogP) is 6.62. The van der Waals surface area contributed by atoms with Gasteiger partial charge in [0, 0.05) is 68.0 Å². The number of esters is 1. The van der Waals surface area contributed by atoms with Crippen LogP contribution in [0.1, 0.15) is 78.8 Å². The third kappa shape index (κ3) is 8.89. The van der Waals surface area contributed by atoms with Crippen molar-refractivity contribution in [2.24, 2.45) is 0 Å². The van der Waals surface area contributed by atoms with E-state index in [1.54, 1.807) is 6.08 Å². The van der Waals surface area contributed by atoms with Gasteiger partial charge in [-0.25, -0.2) is 13.2 Å². The van der Waals surface area contributed by atoms with Crippen LogP contribution in [0.25, 0.3) is 22.2 Å². The van der Waals surface area contributed by atoms with Crippen molar-refractivity contribution in [3.8, 4) is 17.0 Å².